The third-order valence-electron chi connectivity index (χ3n) is 6.34. The molecule has 6 heteroatoms. The van der Waals surface area contributed by atoms with Crippen molar-refractivity contribution in [2.75, 3.05) is 39.4 Å². The van der Waals surface area contributed by atoms with Crippen LogP contribution in [0.1, 0.15) is 48.7 Å². The zero-order valence-electron chi connectivity index (χ0n) is 15.3. The molecular weight excluding hydrogens is 316 g/mol. The van der Waals surface area contributed by atoms with Crippen molar-refractivity contribution in [1.29, 1.82) is 0 Å². The zero-order valence-corrected chi connectivity index (χ0v) is 15.3. The van der Waals surface area contributed by atoms with Gasteiger partial charge in [-0.2, -0.15) is 5.10 Å². The van der Waals surface area contributed by atoms with E-state index in [0.717, 1.165) is 76.5 Å². The van der Waals surface area contributed by atoms with Gasteiger partial charge in [0.05, 0.1) is 30.7 Å². The number of carbonyl (C=O) groups excluding carboxylic acids is 1. The van der Waals surface area contributed by atoms with Gasteiger partial charge in [0.25, 0.3) is 5.91 Å². The molecule has 1 aromatic heterocycles. The lowest BCUT2D eigenvalue weighted by atomic mass is 9.89. The maximum absolute atomic E-state index is 13.0. The average Bonchev–Trinajstić information content (AvgIpc) is 3.12. The van der Waals surface area contributed by atoms with Crippen molar-refractivity contribution in [3.63, 3.8) is 0 Å². The first-order valence-corrected chi connectivity index (χ1v) is 9.90. The monoisotopic (exact) mass is 346 g/mol. The standard InChI is InChI=1S/C19H30N4O2/c1-15(21-10-12-25-13-11-21)16-5-8-22(9-6-16)19(24)17-14-20-23-7-3-2-4-18(17)23/h14-16H,2-13H2,1H3/t15-/m1/s1. The second-order valence-corrected chi connectivity index (χ2v) is 7.70. The van der Waals surface area contributed by atoms with E-state index in [1.54, 1.807) is 6.20 Å². The number of hydrogen-bond donors (Lipinski definition) is 0. The van der Waals surface area contributed by atoms with E-state index in [1.807, 2.05) is 4.68 Å². The number of fused-ring (bicyclic) bond motifs is 1. The van der Waals surface area contributed by atoms with Crippen molar-refractivity contribution in [1.82, 2.24) is 19.6 Å². The summed E-state index contributed by atoms with van der Waals surface area (Å²) >= 11 is 0. The second-order valence-electron chi connectivity index (χ2n) is 7.70. The van der Waals surface area contributed by atoms with Gasteiger partial charge in [0.1, 0.15) is 0 Å². The molecule has 2 fully saturated rings. The van der Waals surface area contributed by atoms with Gasteiger partial charge >= 0.3 is 0 Å². The van der Waals surface area contributed by atoms with E-state index >= 15 is 0 Å². The molecule has 3 aliphatic heterocycles. The smallest absolute Gasteiger partial charge is 0.257 e. The zero-order chi connectivity index (χ0) is 17.2. The van der Waals surface area contributed by atoms with Gasteiger partial charge in [-0.05, 0) is 44.9 Å². The normalized spacial score (nSPS) is 24.1. The van der Waals surface area contributed by atoms with Crippen LogP contribution in [-0.2, 0) is 17.7 Å². The highest BCUT2D eigenvalue weighted by atomic mass is 16.5. The molecule has 0 spiro atoms. The lowest BCUT2D eigenvalue weighted by Crippen LogP contribution is -2.49. The third kappa shape index (κ3) is 3.47. The molecule has 0 radical (unpaired) electrons. The number of ether oxygens (including phenoxy) is 1. The number of piperidine rings is 1. The number of rotatable bonds is 3. The van der Waals surface area contributed by atoms with E-state index in [2.05, 4.69) is 21.8 Å². The molecule has 0 bridgehead atoms. The topological polar surface area (TPSA) is 50.6 Å². The summed E-state index contributed by atoms with van der Waals surface area (Å²) < 4.78 is 7.50. The van der Waals surface area contributed by atoms with Gasteiger partial charge in [-0.25, -0.2) is 0 Å². The van der Waals surface area contributed by atoms with Crippen molar-refractivity contribution in [2.45, 2.75) is 51.6 Å². The molecule has 0 saturated carbocycles. The Morgan fingerprint density at radius 2 is 1.92 bits per heavy atom. The fourth-order valence-electron chi connectivity index (χ4n) is 4.64. The molecule has 4 heterocycles. The number of amides is 1. The maximum Gasteiger partial charge on any atom is 0.257 e. The van der Waals surface area contributed by atoms with Crippen LogP contribution in [0.5, 0.6) is 0 Å². The molecule has 1 atom stereocenters. The molecule has 3 aliphatic rings. The molecule has 25 heavy (non-hydrogen) atoms. The number of likely N-dealkylation sites (tertiary alicyclic amines) is 1. The summed E-state index contributed by atoms with van der Waals surface area (Å²) in [5, 5.41) is 4.43. The average molecular weight is 346 g/mol. The Labute approximate surface area is 150 Å². The van der Waals surface area contributed by atoms with Crippen LogP contribution in [0.15, 0.2) is 6.20 Å². The first-order valence-electron chi connectivity index (χ1n) is 9.90. The summed E-state index contributed by atoms with van der Waals surface area (Å²) in [7, 11) is 0. The number of carbonyl (C=O) groups is 1. The van der Waals surface area contributed by atoms with Gasteiger partial charge in [-0.1, -0.05) is 0 Å². The van der Waals surface area contributed by atoms with E-state index in [1.165, 1.54) is 12.8 Å². The Morgan fingerprint density at radius 3 is 2.68 bits per heavy atom. The summed E-state index contributed by atoms with van der Waals surface area (Å²) in [6, 6.07) is 0.588. The second kappa shape index (κ2) is 7.46. The van der Waals surface area contributed by atoms with Gasteiger partial charge < -0.3 is 9.64 Å². The minimum Gasteiger partial charge on any atom is -0.379 e. The first-order chi connectivity index (χ1) is 12.2. The Balaban J connectivity index is 1.35. The van der Waals surface area contributed by atoms with E-state index in [4.69, 9.17) is 4.74 Å². The molecule has 1 aromatic rings. The van der Waals surface area contributed by atoms with Crippen LogP contribution in [-0.4, -0.2) is 70.9 Å². The van der Waals surface area contributed by atoms with E-state index in [9.17, 15) is 4.79 Å². The molecular formula is C19H30N4O2. The largest absolute Gasteiger partial charge is 0.379 e. The fourth-order valence-corrected chi connectivity index (χ4v) is 4.64. The predicted molar refractivity (Wildman–Crippen MR) is 95.6 cm³/mol. The quantitative estimate of drug-likeness (QED) is 0.837. The van der Waals surface area contributed by atoms with E-state index < -0.39 is 0 Å². The Kier molecular flexibility index (Phi) is 5.08. The molecule has 138 valence electrons. The summed E-state index contributed by atoms with van der Waals surface area (Å²) in [5.41, 5.74) is 2.00. The summed E-state index contributed by atoms with van der Waals surface area (Å²) in [4.78, 5) is 17.6. The molecule has 2 saturated heterocycles. The van der Waals surface area contributed by atoms with Crippen molar-refractivity contribution in [3.8, 4) is 0 Å². The highest BCUT2D eigenvalue weighted by Crippen LogP contribution is 2.27. The van der Waals surface area contributed by atoms with Crippen LogP contribution in [0.2, 0.25) is 0 Å². The van der Waals surface area contributed by atoms with Gasteiger partial charge in [-0.15, -0.1) is 0 Å². The number of hydrogen-bond acceptors (Lipinski definition) is 4. The summed E-state index contributed by atoms with van der Waals surface area (Å²) in [6.45, 7) is 8.86. The molecule has 1 amide bonds. The fraction of sp³-hybridized carbons (Fsp3) is 0.789. The minimum absolute atomic E-state index is 0.195. The van der Waals surface area contributed by atoms with E-state index in [-0.39, 0.29) is 5.91 Å². The lowest BCUT2D eigenvalue weighted by molar-refractivity contribution is -0.000959. The molecule has 0 unspecified atom stereocenters. The molecule has 4 rings (SSSR count). The highest BCUT2D eigenvalue weighted by molar-refractivity contribution is 5.95. The van der Waals surface area contributed by atoms with Crippen molar-refractivity contribution >= 4 is 5.91 Å². The van der Waals surface area contributed by atoms with Gasteiger partial charge in [0.2, 0.25) is 0 Å². The van der Waals surface area contributed by atoms with E-state index in [0.29, 0.717) is 12.0 Å². The summed E-state index contributed by atoms with van der Waals surface area (Å²) in [6.07, 6.45) is 7.34. The minimum atomic E-state index is 0.195. The third-order valence-corrected chi connectivity index (χ3v) is 6.34. The van der Waals surface area contributed by atoms with Crippen LogP contribution in [0.25, 0.3) is 0 Å². The van der Waals surface area contributed by atoms with Crippen LogP contribution in [0.3, 0.4) is 0 Å². The lowest BCUT2D eigenvalue weighted by Gasteiger charge is -2.41. The van der Waals surface area contributed by atoms with Crippen LogP contribution in [0.4, 0.5) is 0 Å². The number of nitrogens with zero attached hydrogens (tertiary/aromatic N) is 4. The summed E-state index contributed by atoms with van der Waals surface area (Å²) in [5.74, 6) is 0.879. The SMILES string of the molecule is C[C@H](C1CCN(C(=O)c2cnn3c2CCCC3)CC1)N1CCOCC1. The Morgan fingerprint density at radius 1 is 1.16 bits per heavy atom. The predicted octanol–water partition coefficient (Wildman–Crippen LogP) is 1.79. The van der Waals surface area contributed by atoms with Crippen molar-refractivity contribution in [2.24, 2.45) is 5.92 Å². The first kappa shape index (κ1) is 17.0. The molecule has 0 N–H and O–H groups in total. The Hall–Kier alpha value is -1.40. The highest BCUT2D eigenvalue weighted by Gasteiger charge is 2.31. The number of aryl methyl sites for hydroxylation is 1. The van der Waals surface area contributed by atoms with Crippen LogP contribution >= 0.6 is 0 Å². The van der Waals surface area contributed by atoms with Crippen molar-refractivity contribution in [3.05, 3.63) is 17.5 Å². The number of morpholine rings is 1. The van der Waals surface area contributed by atoms with Gasteiger partial charge in [0.15, 0.2) is 0 Å². The molecule has 6 nitrogen and oxygen atoms in total. The van der Waals surface area contributed by atoms with Crippen LogP contribution in [0, 0.1) is 5.92 Å². The maximum atomic E-state index is 13.0. The number of aromatic nitrogens is 2. The van der Waals surface area contributed by atoms with Crippen LogP contribution < -0.4 is 0 Å². The van der Waals surface area contributed by atoms with Gasteiger partial charge in [-0.3, -0.25) is 14.4 Å². The molecule has 0 aromatic carbocycles. The van der Waals surface area contributed by atoms with Crippen molar-refractivity contribution < 1.29 is 9.53 Å². The Bertz CT molecular complexity index is 601. The molecule has 0 aliphatic carbocycles. The van der Waals surface area contributed by atoms with Gasteiger partial charge in [0, 0.05) is 38.8 Å².